The minimum Gasteiger partial charge on any atom is -0.485 e. The Labute approximate surface area is 112 Å². The molecule has 1 atom stereocenters. The van der Waals surface area contributed by atoms with E-state index in [1.54, 1.807) is 6.92 Å². The van der Waals surface area contributed by atoms with Crippen molar-refractivity contribution in [2.45, 2.75) is 33.5 Å². The number of benzene rings is 1. The lowest BCUT2D eigenvalue weighted by Crippen LogP contribution is -2.06. The molecule has 0 saturated heterocycles. The normalized spacial score (nSPS) is 12.5. The number of aliphatic hydroxyl groups excluding tert-OH is 1. The van der Waals surface area contributed by atoms with Crippen LogP contribution < -0.4 is 4.74 Å². The van der Waals surface area contributed by atoms with Crippen LogP contribution in [-0.2, 0) is 13.7 Å². The van der Waals surface area contributed by atoms with Crippen molar-refractivity contribution in [3.63, 3.8) is 0 Å². The summed E-state index contributed by atoms with van der Waals surface area (Å²) in [4.78, 5) is 0. The van der Waals surface area contributed by atoms with Gasteiger partial charge in [0.1, 0.15) is 18.2 Å². The smallest absolute Gasteiger partial charge is 0.170 e. The van der Waals surface area contributed by atoms with E-state index in [-0.39, 0.29) is 0 Å². The van der Waals surface area contributed by atoms with Gasteiger partial charge in [0, 0.05) is 12.6 Å². The average Bonchev–Trinajstić information content (AvgIpc) is 2.68. The van der Waals surface area contributed by atoms with Gasteiger partial charge >= 0.3 is 0 Å². The molecule has 0 unspecified atom stereocenters. The largest absolute Gasteiger partial charge is 0.485 e. The molecule has 2 rings (SSSR count). The van der Waals surface area contributed by atoms with Gasteiger partial charge < -0.3 is 14.4 Å². The van der Waals surface area contributed by atoms with E-state index in [9.17, 15) is 5.11 Å². The summed E-state index contributed by atoms with van der Waals surface area (Å²) in [6.07, 6.45) is -0.559. The molecule has 102 valence electrons. The van der Waals surface area contributed by atoms with Crippen molar-refractivity contribution in [3.05, 3.63) is 41.0 Å². The molecule has 1 aromatic heterocycles. The fourth-order valence-electron chi connectivity index (χ4n) is 1.84. The van der Waals surface area contributed by atoms with E-state index >= 15 is 0 Å². The zero-order valence-corrected chi connectivity index (χ0v) is 11.7. The van der Waals surface area contributed by atoms with Gasteiger partial charge in [-0.25, -0.2) is 0 Å². The third kappa shape index (κ3) is 2.93. The summed E-state index contributed by atoms with van der Waals surface area (Å²) in [6.45, 7) is 5.94. The summed E-state index contributed by atoms with van der Waals surface area (Å²) in [5.74, 6) is 2.29. The number of rotatable bonds is 4. The maximum absolute atomic E-state index is 9.77. The van der Waals surface area contributed by atoms with Crippen molar-refractivity contribution in [3.8, 4) is 5.75 Å². The van der Waals surface area contributed by atoms with Crippen molar-refractivity contribution in [1.29, 1.82) is 0 Å². The van der Waals surface area contributed by atoms with Gasteiger partial charge in [0.2, 0.25) is 0 Å². The summed E-state index contributed by atoms with van der Waals surface area (Å²) in [5, 5.41) is 17.8. The van der Waals surface area contributed by atoms with Crippen molar-refractivity contribution in [2.75, 3.05) is 0 Å². The van der Waals surface area contributed by atoms with Gasteiger partial charge in [0.15, 0.2) is 5.82 Å². The topological polar surface area (TPSA) is 60.2 Å². The maximum Gasteiger partial charge on any atom is 0.170 e. The van der Waals surface area contributed by atoms with E-state index in [0.29, 0.717) is 12.4 Å². The Morgan fingerprint density at radius 3 is 2.63 bits per heavy atom. The maximum atomic E-state index is 9.77. The van der Waals surface area contributed by atoms with Crippen LogP contribution in [0.3, 0.4) is 0 Å². The standard InChI is InChI=1S/C14H19N3O2/c1-9-5-6-13(12(7-9)10(2)18)19-8-14-16-15-11(3)17(14)4/h5-7,10,18H,8H2,1-4H3/t10-/m1/s1. The summed E-state index contributed by atoms with van der Waals surface area (Å²) in [6, 6.07) is 5.77. The number of hydrogen-bond donors (Lipinski definition) is 1. The van der Waals surface area contributed by atoms with Crippen molar-refractivity contribution < 1.29 is 9.84 Å². The van der Waals surface area contributed by atoms with E-state index in [2.05, 4.69) is 10.2 Å². The monoisotopic (exact) mass is 261 g/mol. The first-order valence-corrected chi connectivity index (χ1v) is 6.25. The van der Waals surface area contributed by atoms with Crippen LogP contribution in [0.15, 0.2) is 18.2 Å². The molecule has 0 radical (unpaired) electrons. The molecule has 0 saturated carbocycles. The highest BCUT2D eigenvalue weighted by Gasteiger charge is 2.11. The van der Waals surface area contributed by atoms with E-state index in [1.807, 2.05) is 43.7 Å². The highest BCUT2D eigenvalue weighted by molar-refractivity contribution is 5.38. The first kappa shape index (κ1) is 13.5. The SMILES string of the molecule is Cc1ccc(OCc2nnc(C)n2C)c([C@@H](C)O)c1. The number of aryl methyl sites for hydroxylation is 2. The van der Waals surface area contributed by atoms with Crippen LogP contribution in [0.1, 0.15) is 35.8 Å². The highest BCUT2D eigenvalue weighted by Crippen LogP contribution is 2.26. The lowest BCUT2D eigenvalue weighted by atomic mass is 10.1. The minimum atomic E-state index is -0.559. The Balaban J connectivity index is 2.17. The van der Waals surface area contributed by atoms with Gasteiger partial charge in [-0.15, -0.1) is 10.2 Å². The van der Waals surface area contributed by atoms with Crippen LogP contribution in [0.5, 0.6) is 5.75 Å². The number of nitrogens with zero attached hydrogens (tertiary/aromatic N) is 3. The molecule has 5 heteroatoms. The van der Waals surface area contributed by atoms with Crippen molar-refractivity contribution in [2.24, 2.45) is 7.05 Å². The summed E-state index contributed by atoms with van der Waals surface area (Å²) >= 11 is 0. The first-order valence-electron chi connectivity index (χ1n) is 6.25. The second kappa shape index (κ2) is 5.40. The van der Waals surface area contributed by atoms with Crippen LogP contribution >= 0.6 is 0 Å². The number of hydrogen-bond acceptors (Lipinski definition) is 4. The third-order valence-electron chi connectivity index (χ3n) is 3.15. The fraction of sp³-hybridized carbons (Fsp3) is 0.429. The highest BCUT2D eigenvalue weighted by atomic mass is 16.5. The molecule has 1 aromatic carbocycles. The van der Waals surface area contributed by atoms with E-state index < -0.39 is 6.10 Å². The molecular formula is C14H19N3O2. The predicted molar refractivity (Wildman–Crippen MR) is 71.9 cm³/mol. The Morgan fingerprint density at radius 1 is 1.32 bits per heavy atom. The average molecular weight is 261 g/mol. The van der Waals surface area contributed by atoms with Crippen LogP contribution in [0.2, 0.25) is 0 Å². The lowest BCUT2D eigenvalue weighted by molar-refractivity contribution is 0.189. The minimum absolute atomic E-state index is 0.333. The molecule has 0 bridgehead atoms. The molecule has 0 fully saturated rings. The van der Waals surface area contributed by atoms with E-state index in [4.69, 9.17) is 4.74 Å². The molecule has 0 amide bonds. The molecule has 0 spiro atoms. The summed E-state index contributed by atoms with van der Waals surface area (Å²) in [5.41, 5.74) is 1.89. The molecule has 19 heavy (non-hydrogen) atoms. The Hall–Kier alpha value is -1.88. The van der Waals surface area contributed by atoms with Gasteiger partial charge in [-0.1, -0.05) is 11.6 Å². The van der Waals surface area contributed by atoms with Gasteiger partial charge in [-0.2, -0.15) is 0 Å². The Morgan fingerprint density at radius 2 is 2.05 bits per heavy atom. The van der Waals surface area contributed by atoms with Gasteiger partial charge in [-0.05, 0) is 32.9 Å². The predicted octanol–water partition coefficient (Wildman–Crippen LogP) is 2.06. The first-order chi connectivity index (χ1) is 8.99. The van der Waals surface area contributed by atoms with Crippen molar-refractivity contribution >= 4 is 0 Å². The number of aromatic nitrogens is 3. The number of aliphatic hydroxyl groups is 1. The van der Waals surface area contributed by atoms with Gasteiger partial charge in [0.25, 0.3) is 0 Å². The molecule has 0 aliphatic carbocycles. The van der Waals surface area contributed by atoms with Gasteiger partial charge in [-0.3, -0.25) is 0 Å². The zero-order chi connectivity index (χ0) is 14.0. The Bertz CT molecular complexity index is 576. The van der Waals surface area contributed by atoms with Crippen LogP contribution in [0, 0.1) is 13.8 Å². The van der Waals surface area contributed by atoms with Crippen LogP contribution in [-0.4, -0.2) is 19.9 Å². The molecule has 0 aliphatic heterocycles. The zero-order valence-electron chi connectivity index (χ0n) is 11.7. The van der Waals surface area contributed by atoms with Crippen molar-refractivity contribution in [1.82, 2.24) is 14.8 Å². The molecule has 5 nitrogen and oxygen atoms in total. The molecule has 1 heterocycles. The lowest BCUT2D eigenvalue weighted by Gasteiger charge is -2.14. The van der Waals surface area contributed by atoms with E-state index in [1.165, 1.54) is 0 Å². The van der Waals surface area contributed by atoms with Crippen LogP contribution in [0.25, 0.3) is 0 Å². The molecular weight excluding hydrogens is 242 g/mol. The van der Waals surface area contributed by atoms with Gasteiger partial charge in [0.05, 0.1) is 6.10 Å². The number of ether oxygens (including phenoxy) is 1. The fourth-order valence-corrected chi connectivity index (χ4v) is 1.84. The second-order valence-corrected chi connectivity index (χ2v) is 4.73. The molecule has 1 N–H and O–H groups in total. The third-order valence-corrected chi connectivity index (χ3v) is 3.15. The molecule has 2 aromatic rings. The Kier molecular flexibility index (Phi) is 3.85. The summed E-state index contributed by atoms with van der Waals surface area (Å²) in [7, 11) is 1.90. The molecule has 0 aliphatic rings. The quantitative estimate of drug-likeness (QED) is 0.915. The van der Waals surface area contributed by atoms with E-state index in [0.717, 1.165) is 22.8 Å². The summed E-state index contributed by atoms with van der Waals surface area (Å²) < 4.78 is 7.64. The van der Waals surface area contributed by atoms with Crippen LogP contribution in [0.4, 0.5) is 0 Å². The second-order valence-electron chi connectivity index (χ2n) is 4.73.